The summed E-state index contributed by atoms with van der Waals surface area (Å²) in [6, 6.07) is 3.24. The molecule has 0 spiro atoms. The third-order valence-electron chi connectivity index (χ3n) is 1.80. The van der Waals surface area contributed by atoms with E-state index in [1.807, 2.05) is 0 Å². The summed E-state index contributed by atoms with van der Waals surface area (Å²) in [4.78, 5) is 14.3. The Balaban J connectivity index is 2.72. The lowest BCUT2D eigenvalue weighted by Crippen LogP contribution is -2.32. The van der Waals surface area contributed by atoms with Crippen molar-refractivity contribution in [3.63, 3.8) is 0 Å². The van der Waals surface area contributed by atoms with E-state index >= 15 is 0 Å². The number of thioether (sulfide) groups is 1. The maximum Gasteiger partial charge on any atom is 0.403 e. The van der Waals surface area contributed by atoms with Crippen LogP contribution in [-0.4, -0.2) is 28.0 Å². The molecule has 1 rings (SSSR count). The highest BCUT2D eigenvalue weighted by molar-refractivity contribution is 9.10. The van der Waals surface area contributed by atoms with Gasteiger partial charge in [-0.1, -0.05) is 0 Å². The minimum Gasteiger partial charge on any atom is -0.481 e. The molecule has 1 N–H and O–H groups in total. The molecule has 1 aromatic heterocycles. The topological polar surface area (TPSA) is 50.2 Å². The van der Waals surface area contributed by atoms with Crippen molar-refractivity contribution in [3.05, 3.63) is 22.8 Å². The van der Waals surface area contributed by atoms with Crippen molar-refractivity contribution in [2.24, 2.45) is 5.92 Å². The van der Waals surface area contributed by atoms with Gasteiger partial charge in [0.05, 0.1) is 0 Å². The number of rotatable bonds is 4. The molecule has 1 unspecified atom stereocenters. The van der Waals surface area contributed by atoms with E-state index in [4.69, 9.17) is 5.11 Å². The van der Waals surface area contributed by atoms with E-state index < -0.39 is 23.8 Å². The predicted octanol–water partition coefficient (Wildman–Crippen LogP) is 3.20. The van der Waals surface area contributed by atoms with E-state index in [2.05, 4.69) is 20.9 Å². The monoisotopic (exact) mass is 329 g/mol. The van der Waals surface area contributed by atoms with Gasteiger partial charge in [-0.2, -0.15) is 13.2 Å². The first-order valence-electron chi connectivity index (χ1n) is 4.35. The number of hydrogen-bond acceptors (Lipinski definition) is 3. The second-order valence-corrected chi connectivity index (χ2v) is 4.90. The van der Waals surface area contributed by atoms with Crippen molar-refractivity contribution in [2.45, 2.75) is 11.2 Å². The number of hydrogen-bond donors (Lipinski definition) is 1. The zero-order chi connectivity index (χ0) is 13.1. The van der Waals surface area contributed by atoms with Gasteiger partial charge < -0.3 is 5.11 Å². The largest absolute Gasteiger partial charge is 0.481 e. The molecule has 0 aromatic carbocycles. The quantitative estimate of drug-likeness (QED) is 0.862. The maximum absolute atomic E-state index is 12.3. The fraction of sp³-hybridized carbons (Fsp3) is 0.333. The second kappa shape index (κ2) is 5.72. The summed E-state index contributed by atoms with van der Waals surface area (Å²) >= 11 is 3.87. The van der Waals surface area contributed by atoms with Crippen molar-refractivity contribution >= 4 is 33.7 Å². The van der Waals surface area contributed by atoms with Gasteiger partial charge >= 0.3 is 12.1 Å². The minimum absolute atomic E-state index is 0.336. The standard InChI is InChI=1S/C9H7BrF3NO2S/c10-6-2-1-3-14-7(6)17-4-5(8(15)16)9(11,12)13/h1-3,5H,4H2,(H,15,16). The van der Waals surface area contributed by atoms with Crippen LogP contribution in [0.1, 0.15) is 0 Å². The summed E-state index contributed by atoms with van der Waals surface area (Å²) < 4.78 is 37.6. The molecule has 0 saturated heterocycles. The molecule has 8 heteroatoms. The molecular formula is C9H7BrF3NO2S. The molecular weight excluding hydrogens is 323 g/mol. The van der Waals surface area contributed by atoms with Crippen LogP contribution in [0.4, 0.5) is 13.2 Å². The highest BCUT2D eigenvalue weighted by Gasteiger charge is 2.45. The van der Waals surface area contributed by atoms with Crippen LogP contribution in [0.15, 0.2) is 27.8 Å². The normalized spacial score (nSPS) is 13.4. The molecule has 0 aliphatic rings. The molecule has 0 bridgehead atoms. The van der Waals surface area contributed by atoms with Gasteiger partial charge in [0, 0.05) is 16.4 Å². The van der Waals surface area contributed by atoms with Crippen LogP contribution in [0, 0.1) is 5.92 Å². The smallest absolute Gasteiger partial charge is 0.403 e. The molecule has 0 amide bonds. The molecule has 0 aliphatic heterocycles. The number of halogens is 4. The van der Waals surface area contributed by atoms with Crippen LogP contribution in [0.5, 0.6) is 0 Å². The summed E-state index contributed by atoms with van der Waals surface area (Å²) in [6.07, 6.45) is -3.32. The fourth-order valence-corrected chi connectivity index (χ4v) is 2.54. The number of alkyl halides is 3. The Labute approximate surface area is 108 Å². The van der Waals surface area contributed by atoms with E-state index in [1.54, 1.807) is 12.1 Å². The Bertz CT molecular complexity index is 413. The summed E-state index contributed by atoms with van der Waals surface area (Å²) in [5, 5.41) is 8.83. The third kappa shape index (κ3) is 4.19. The van der Waals surface area contributed by atoms with Gasteiger partial charge in [0.1, 0.15) is 5.03 Å². The third-order valence-corrected chi connectivity index (χ3v) is 3.81. The summed E-state index contributed by atoms with van der Waals surface area (Å²) in [5.74, 6) is -4.87. The zero-order valence-electron chi connectivity index (χ0n) is 8.24. The Kier molecular flexibility index (Phi) is 4.81. The Morgan fingerprint density at radius 1 is 1.59 bits per heavy atom. The first kappa shape index (κ1) is 14.3. The van der Waals surface area contributed by atoms with E-state index in [1.165, 1.54) is 6.20 Å². The zero-order valence-corrected chi connectivity index (χ0v) is 10.6. The average Bonchev–Trinajstić information content (AvgIpc) is 2.18. The van der Waals surface area contributed by atoms with Crippen LogP contribution in [0.3, 0.4) is 0 Å². The average molecular weight is 330 g/mol. The molecule has 94 valence electrons. The molecule has 0 aliphatic carbocycles. The number of aromatic nitrogens is 1. The first-order valence-corrected chi connectivity index (χ1v) is 6.13. The molecule has 0 fully saturated rings. The Hall–Kier alpha value is -0.760. The lowest BCUT2D eigenvalue weighted by atomic mass is 10.2. The maximum atomic E-state index is 12.3. The molecule has 17 heavy (non-hydrogen) atoms. The SMILES string of the molecule is O=C(O)C(CSc1ncccc1Br)C(F)(F)F. The van der Waals surface area contributed by atoms with Gasteiger partial charge in [0.15, 0.2) is 5.92 Å². The van der Waals surface area contributed by atoms with Gasteiger partial charge in [-0.25, -0.2) is 4.98 Å². The van der Waals surface area contributed by atoms with Crippen LogP contribution in [-0.2, 0) is 4.79 Å². The fourth-order valence-electron chi connectivity index (χ4n) is 0.945. The lowest BCUT2D eigenvalue weighted by Gasteiger charge is -2.15. The molecule has 0 radical (unpaired) electrons. The lowest BCUT2D eigenvalue weighted by molar-refractivity contribution is -0.188. The number of carbonyl (C=O) groups is 1. The number of nitrogens with zero attached hydrogens (tertiary/aromatic N) is 1. The van der Waals surface area contributed by atoms with Crippen molar-refractivity contribution < 1.29 is 23.1 Å². The highest BCUT2D eigenvalue weighted by atomic mass is 79.9. The summed E-state index contributed by atoms with van der Waals surface area (Å²) in [6.45, 7) is 0. The van der Waals surface area contributed by atoms with Gasteiger partial charge in [0.25, 0.3) is 0 Å². The Morgan fingerprint density at radius 2 is 2.24 bits per heavy atom. The number of pyridine rings is 1. The van der Waals surface area contributed by atoms with Crippen molar-refractivity contribution in [1.82, 2.24) is 4.98 Å². The van der Waals surface area contributed by atoms with E-state index in [0.717, 1.165) is 11.8 Å². The summed E-state index contributed by atoms with van der Waals surface area (Å²) in [5.41, 5.74) is 0. The predicted molar refractivity (Wildman–Crippen MR) is 59.8 cm³/mol. The molecule has 0 saturated carbocycles. The van der Waals surface area contributed by atoms with Gasteiger partial charge in [-0.05, 0) is 28.1 Å². The molecule has 1 aromatic rings. The highest BCUT2D eigenvalue weighted by Crippen LogP contribution is 2.33. The van der Waals surface area contributed by atoms with Crippen LogP contribution >= 0.6 is 27.7 Å². The second-order valence-electron chi connectivity index (χ2n) is 3.03. The molecule has 1 heterocycles. The minimum atomic E-state index is -4.75. The van der Waals surface area contributed by atoms with E-state index in [-0.39, 0.29) is 0 Å². The number of carboxylic acid groups (broad SMARTS) is 1. The van der Waals surface area contributed by atoms with Gasteiger partial charge in [-0.15, -0.1) is 11.8 Å². The van der Waals surface area contributed by atoms with Crippen molar-refractivity contribution in [2.75, 3.05) is 5.75 Å². The number of aliphatic carboxylic acids is 1. The Morgan fingerprint density at radius 3 is 2.71 bits per heavy atom. The number of carboxylic acids is 1. The first-order chi connectivity index (χ1) is 7.82. The van der Waals surface area contributed by atoms with Crippen LogP contribution < -0.4 is 0 Å². The molecule has 3 nitrogen and oxygen atoms in total. The van der Waals surface area contributed by atoms with Crippen LogP contribution in [0.25, 0.3) is 0 Å². The molecule has 1 atom stereocenters. The van der Waals surface area contributed by atoms with Crippen molar-refractivity contribution in [3.8, 4) is 0 Å². The van der Waals surface area contributed by atoms with Gasteiger partial charge in [-0.3, -0.25) is 4.79 Å². The van der Waals surface area contributed by atoms with Crippen LogP contribution in [0.2, 0.25) is 0 Å². The van der Waals surface area contributed by atoms with E-state index in [9.17, 15) is 18.0 Å². The van der Waals surface area contributed by atoms with Gasteiger partial charge in [0.2, 0.25) is 0 Å². The summed E-state index contributed by atoms with van der Waals surface area (Å²) in [7, 11) is 0. The van der Waals surface area contributed by atoms with Crippen molar-refractivity contribution in [1.29, 1.82) is 0 Å². The van der Waals surface area contributed by atoms with E-state index in [0.29, 0.717) is 9.50 Å².